The van der Waals surface area contributed by atoms with Gasteiger partial charge < -0.3 is 15.5 Å². The second-order valence-corrected chi connectivity index (χ2v) is 6.10. The topological polar surface area (TPSA) is 55.7 Å². The lowest BCUT2D eigenvalue weighted by atomic mass is 9.95. The van der Waals surface area contributed by atoms with Crippen LogP contribution in [-0.4, -0.2) is 59.5 Å². The van der Waals surface area contributed by atoms with Crippen molar-refractivity contribution in [2.45, 2.75) is 70.6 Å². The number of nitrogens with zero attached hydrogens (tertiary/aromatic N) is 1. The molecule has 0 aromatic carbocycles. The minimum Gasteiger partial charge on any atom is -0.392 e. The van der Waals surface area contributed by atoms with E-state index < -0.39 is 0 Å². The molecule has 0 spiro atoms. The van der Waals surface area contributed by atoms with Crippen LogP contribution in [0.2, 0.25) is 0 Å². The van der Waals surface area contributed by atoms with Gasteiger partial charge in [-0.05, 0) is 46.2 Å². The monoisotopic (exact) mass is 272 g/mol. The van der Waals surface area contributed by atoms with Gasteiger partial charge in [0.05, 0.1) is 12.2 Å². The van der Waals surface area contributed by atoms with Crippen LogP contribution >= 0.6 is 0 Å². The minimum atomic E-state index is -0.329. The van der Waals surface area contributed by atoms with Crippen LogP contribution in [0.25, 0.3) is 0 Å². The fourth-order valence-electron chi connectivity index (χ4n) is 2.92. The maximum Gasteiger partial charge on any atom is 0.0639 e. The van der Waals surface area contributed by atoms with Gasteiger partial charge in [0.1, 0.15) is 0 Å². The van der Waals surface area contributed by atoms with Crippen molar-refractivity contribution in [1.82, 2.24) is 10.2 Å². The summed E-state index contributed by atoms with van der Waals surface area (Å²) in [6.07, 6.45) is 7.21. The summed E-state index contributed by atoms with van der Waals surface area (Å²) in [5.41, 5.74) is 0. The Morgan fingerprint density at radius 2 is 1.63 bits per heavy atom. The molecule has 4 nitrogen and oxygen atoms in total. The molecule has 1 rings (SSSR count). The summed E-state index contributed by atoms with van der Waals surface area (Å²) in [6.45, 7) is 6.88. The Kier molecular flexibility index (Phi) is 8.62. The molecule has 19 heavy (non-hydrogen) atoms. The zero-order valence-electron chi connectivity index (χ0n) is 12.6. The third kappa shape index (κ3) is 8.58. The largest absolute Gasteiger partial charge is 0.392 e. The van der Waals surface area contributed by atoms with E-state index in [1.807, 2.05) is 0 Å². The molecule has 1 saturated carbocycles. The molecule has 0 saturated heterocycles. The molecule has 0 aromatic heterocycles. The molecule has 2 unspecified atom stereocenters. The van der Waals surface area contributed by atoms with Crippen LogP contribution in [0.4, 0.5) is 0 Å². The fraction of sp³-hybridized carbons (Fsp3) is 1.00. The van der Waals surface area contributed by atoms with E-state index in [9.17, 15) is 10.2 Å². The molecule has 1 aliphatic carbocycles. The molecular formula is C15H32N2O2. The molecule has 3 N–H and O–H groups in total. The number of hydrogen-bond acceptors (Lipinski definition) is 4. The van der Waals surface area contributed by atoms with Crippen molar-refractivity contribution in [3.8, 4) is 0 Å². The van der Waals surface area contributed by atoms with Gasteiger partial charge in [-0.1, -0.05) is 19.3 Å². The van der Waals surface area contributed by atoms with Crippen molar-refractivity contribution in [2.75, 3.05) is 26.2 Å². The van der Waals surface area contributed by atoms with Crippen molar-refractivity contribution >= 4 is 0 Å². The molecule has 1 aliphatic rings. The summed E-state index contributed by atoms with van der Waals surface area (Å²) in [5.74, 6) is 0. The SMILES string of the molecule is CC(O)CN(CCCNC1CCCCC1)CC(C)O. The van der Waals surface area contributed by atoms with Crippen LogP contribution in [-0.2, 0) is 0 Å². The van der Waals surface area contributed by atoms with Crippen LogP contribution < -0.4 is 5.32 Å². The molecule has 0 radical (unpaired) electrons. The molecule has 114 valence electrons. The first-order valence-corrected chi connectivity index (χ1v) is 7.90. The van der Waals surface area contributed by atoms with Crippen LogP contribution in [0.3, 0.4) is 0 Å². The van der Waals surface area contributed by atoms with Gasteiger partial charge in [-0.25, -0.2) is 0 Å². The highest BCUT2D eigenvalue weighted by atomic mass is 16.3. The van der Waals surface area contributed by atoms with Crippen molar-refractivity contribution in [1.29, 1.82) is 0 Å². The lowest BCUT2D eigenvalue weighted by Crippen LogP contribution is -2.39. The molecule has 2 atom stereocenters. The third-order valence-corrected chi connectivity index (χ3v) is 3.73. The molecule has 0 bridgehead atoms. The Morgan fingerprint density at radius 3 is 2.16 bits per heavy atom. The van der Waals surface area contributed by atoms with Crippen molar-refractivity contribution in [2.24, 2.45) is 0 Å². The van der Waals surface area contributed by atoms with Crippen LogP contribution in [0.1, 0.15) is 52.4 Å². The van der Waals surface area contributed by atoms with Gasteiger partial charge in [0.15, 0.2) is 0 Å². The Hall–Kier alpha value is -0.160. The summed E-state index contributed by atoms with van der Waals surface area (Å²) >= 11 is 0. The molecule has 0 heterocycles. The molecule has 0 amide bonds. The van der Waals surface area contributed by atoms with E-state index in [4.69, 9.17) is 0 Å². The van der Waals surface area contributed by atoms with Gasteiger partial charge in [-0.15, -0.1) is 0 Å². The highest BCUT2D eigenvalue weighted by Crippen LogP contribution is 2.17. The maximum atomic E-state index is 9.46. The number of hydrogen-bond donors (Lipinski definition) is 3. The first-order chi connectivity index (χ1) is 9.08. The predicted molar refractivity (Wildman–Crippen MR) is 79.3 cm³/mol. The Morgan fingerprint density at radius 1 is 1.05 bits per heavy atom. The second-order valence-electron chi connectivity index (χ2n) is 6.10. The standard InChI is InChI=1S/C15H32N2O2/c1-13(18)11-17(12-14(2)19)10-6-9-16-15-7-4-3-5-8-15/h13-16,18-19H,3-12H2,1-2H3. The van der Waals surface area contributed by atoms with E-state index in [2.05, 4.69) is 10.2 Å². The normalized spacial score (nSPS) is 20.7. The minimum absolute atomic E-state index is 0.329. The first kappa shape index (κ1) is 16.9. The lowest BCUT2D eigenvalue weighted by molar-refractivity contribution is 0.0827. The summed E-state index contributed by atoms with van der Waals surface area (Å²) in [4.78, 5) is 2.15. The van der Waals surface area contributed by atoms with E-state index >= 15 is 0 Å². The average molecular weight is 272 g/mol. The van der Waals surface area contributed by atoms with Crippen LogP contribution in [0.15, 0.2) is 0 Å². The number of rotatable bonds is 9. The van der Waals surface area contributed by atoms with Crippen molar-refractivity contribution in [3.05, 3.63) is 0 Å². The van der Waals surface area contributed by atoms with E-state index in [1.165, 1.54) is 32.1 Å². The van der Waals surface area contributed by atoms with Gasteiger partial charge in [-0.3, -0.25) is 4.90 Å². The van der Waals surface area contributed by atoms with E-state index in [1.54, 1.807) is 13.8 Å². The smallest absolute Gasteiger partial charge is 0.0639 e. The highest BCUT2D eigenvalue weighted by molar-refractivity contribution is 4.72. The second kappa shape index (κ2) is 9.70. The van der Waals surface area contributed by atoms with Gasteiger partial charge in [0, 0.05) is 19.1 Å². The van der Waals surface area contributed by atoms with E-state index in [0.717, 1.165) is 25.6 Å². The fourth-order valence-corrected chi connectivity index (χ4v) is 2.92. The Bertz CT molecular complexity index is 206. The summed E-state index contributed by atoms with van der Waals surface area (Å²) in [7, 11) is 0. The van der Waals surface area contributed by atoms with Gasteiger partial charge in [0.2, 0.25) is 0 Å². The Balaban J connectivity index is 2.12. The highest BCUT2D eigenvalue weighted by Gasteiger charge is 2.13. The maximum absolute atomic E-state index is 9.46. The molecular weight excluding hydrogens is 240 g/mol. The zero-order valence-corrected chi connectivity index (χ0v) is 12.6. The molecule has 1 fully saturated rings. The quantitative estimate of drug-likeness (QED) is 0.555. The third-order valence-electron chi connectivity index (χ3n) is 3.73. The van der Waals surface area contributed by atoms with Gasteiger partial charge in [-0.2, -0.15) is 0 Å². The zero-order chi connectivity index (χ0) is 14.1. The van der Waals surface area contributed by atoms with E-state index in [-0.39, 0.29) is 12.2 Å². The first-order valence-electron chi connectivity index (χ1n) is 7.90. The summed E-state index contributed by atoms with van der Waals surface area (Å²) < 4.78 is 0. The Labute approximate surface area is 118 Å². The van der Waals surface area contributed by atoms with Crippen molar-refractivity contribution < 1.29 is 10.2 Å². The number of nitrogens with one attached hydrogen (secondary N) is 1. The van der Waals surface area contributed by atoms with Crippen LogP contribution in [0.5, 0.6) is 0 Å². The molecule has 4 heteroatoms. The van der Waals surface area contributed by atoms with Crippen LogP contribution in [0, 0.1) is 0 Å². The van der Waals surface area contributed by atoms with Gasteiger partial charge >= 0.3 is 0 Å². The summed E-state index contributed by atoms with van der Waals surface area (Å²) in [5, 5.41) is 22.5. The number of aliphatic hydroxyl groups excluding tert-OH is 2. The molecule has 0 aromatic rings. The average Bonchev–Trinajstić information content (AvgIpc) is 2.34. The van der Waals surface area contributed by atoms with Gasteiger partial charge in [0.25, 0.3) is 0 Å². The van der Waals surface area contributed by atoms with Crippen molar-refractivity contribution in [3.63, 3.8) is 0 Å². The lowest BCUT2D eigenvalue weighted by Gasteiger charge is -2.26. The predicted octanol–water partition coefficient (Wildman–Crippen LogP) is 1.36. The van der Waals surface area contributed by atoms with E-state index in [0.29, 0.717) is 13.1 Å². The summed E-state index contributed by atoms with van der Waals surface area (Å²) in [6, 6.07) is 0.718. The molecule has 0 aliphatic heterocycles. The number of aliphatic hydroxyl groups is 2.